The molecule has 5 rings (SSSR count). The van der Waals surface area contributed by atoms with E-state index in [1.807, 2.05) is 0 Å². The molecule has 0 radical (unpaired) electrons. The Hall–Kier alpha value is -1.82. The molecule has 0 aromatic heterocycles. The zero-order chi connectivity index (χ0) is 14.8. The van der Waals surface area contributed by atoms with Gasteiger partial charge in [-0.1, -0.05) is 78.4 Å². The van der Waals surface area contributed by atoms with Crippen LogP contribution in [-0.4, -0.2) is 0 Å². The van der Waals surface area contributed by atoms with Crippen LogP contribution in [0.25, 0.3) is 0 Å². The quantitative estimate of drug-likeness (QED) is 0.703. The van der Waals surface area contributed by atoms with Crippen LogP contribution in [0.3, 0.4) is 0 Å². The van der Waals surface area contributed by atoms with Crippen LogP contribution in [0.2, 0.25) is 0 Å². The van der Waals surface area contributed by atoms with Crippen LogP contribution in [0.4, 0.5) is 0 Å². The molecule has 2 atom stereocenters. The fourth-order valence-corrected chi connectivity index (χ4v) is 4.92. The molecule has 2 spiro atoms. The van der Waals surface area contributed by atoms with Gasteiger partial charge in [0, 0.05) is 10.8 Å². The van der Waals surface area contributed by atoms with Crippen LogP contribution < -0.4 is 0 Å². The first kappa shape index (κ1) is 12.7. The minimum atomic E-state index is 0.380. The summed E-state index contributed by atoms with van der Waals surface area (Å²) < 4.78 is 0. The lowest BCUT2D eigenvalue weighted by molar-refractivity contribution is 0.461. The zero-order valence-corrected chi connectivity index (χ0v) is 13.1. The van der Waals surface area contributed by atoms with Crippen LogP contribution in [0.5, 0.6) is 0 Å². The van der Waals surface area contributed by atoms with Crippen molar-refractivity contribution in [1.82, 2.24) is 0 Å². The van der Waals surface area contributed by atoms with Crippen molar-refractivity contribution in [2.24, 2.45) is 22.7 Å². The molecule has 0 heteroatoms. The van der Waals surface area contributed by atoms with Gasteiger partial charge in [0.1, 0.15) is 0 Å². The fourth-order valence-electron chi connectivity index (χ4n) is 4.92. The summed E-state index contributed by atoms with van der Waals surface area (Å²) in [6.45, 7) is 2.18. The first-order chi connectivity index (χ1) is 10.7. The molecule has 0 heterocycles. The summed E-state index contributed by atoms with van der Waals surface area (Å²) >= 11 is 0. The molecule has 0 bridgehead atoms. The van der Waals surface area contributed by atoms with Gasteiger partial charge in [-0.05, 0) is 43.1 Å². The van der Waals surface area contributed by atoms with Crippen LogP contribution in [-0.2, 0) is 0 Å². The number of hydrogen-bond donors (Lipinski definition) is 0. The highest BCUT2D eigenvalue weighted by Gasteiger charge is 2.64. The van der Waals surface area contributed by atoms with Crippen molar-refractivity contribution in [2.45, 2.75) is 25.7 Å². The molecule has 1 aromatic carbocycles. The van der Waals surface area contributed by atoms with Gasteiger partial charge in [-0.2, -0.15) is 0 Å². The standard InChI is InChI=1S/C22H22/c1-16-6-8-17(9-7-16)20(18-14-21(18)10-2-3-11-21)19-15-22(19)12-4-5-13-22/h2-13,18-20H,14-15H2,1H3. The molecule has 2 saturated carbocycles. The first-order valence-electron chi connectivity index (χ1n) is 8.53. The predicted molar refractivity (Wildman–Crippen MR) is 91.6 cm³/mol. The zero-order valence-electron chi connectivity index (χ0n) is 13.1. The third kappa shape index (κ3) is 1.70. The lowest BCUT2D eigenvalue weighted by atomic mass is 9.82. The number of aryl methyl sites for hydroxylation is 1. The van der Waals surface area contributed by atoms with E-state index in [1.165, 1.54) is 18.4 Å². The average molecular weight is 286 g/mol. The molecule has 0 aliphatic heterocycles. The highest BCUT2D eigenvalue weighted by Crippen LogP contribution is 2.72. The molecule has 110 valence electrons. The number of hydrogen-bond acceptors (Lipinski definition) is 0. The maximum absolute atomic E-state index is 2.44. The van der Waals surface area contributed by atoms with Gasteiger partial charge in [-0.15, -0.1) is 0 Å². The molecule has 2 unspecified atom stereocenters. The van der Waals surface area contributed by atoms with E-state index in [1.54, 1.807) is 5.56 Å². The van der Waals surface area contributed by atoms with Crippen molar-refractivity contribution < 1.29 is 0 Å². The Balaban J connectivity index is 1.51. The summed E-state index contributed by atoms with van der Waals surface area (Å²) in [6.07, 6.45) is 21.4. The molecule has 0 nitrogen and oxygen atoms in total. The van der Waals surface area contributed by atoms with E-state index in [-0.39, 0.29) is 0 Å². The van der Waals surface area contributed by atoms with Crippen molar-refractivity contribution in [2.75, 3.05) is 0 Å². The summed E-state index contributed by atoms with van der Waals surface area (Å²) in [5, 5.41) is 0. The summed E-state index contributed by atoms with van der Waals surface area (Å²) in [4.78, 5) is 0. The van der Waals surface area contributed by atoms with E-state index >= 15 is 0 Å². The van der Waals surface area contributed by atoms with Crippen molar-refractivity contribution >= 4 is 0 Å². The van der Waals surface area contributed by atoms with Crippen molar-refractivity contribution in [3.8, 4) is 0 Å². The van der Waals surface area contributed by atoms with Crippen molar-refractivity contribution in [1.29, 1.82) is 0 Å². The molecule has 22 heavy (non-hydrogen) atoms. The Morgan fingerprint density at radius 1 is 0.773 bits per heavy atom. The second-order valence-electron chi connectivity index (χ2n) is 7.72. The smallest absolute Gasteiger partial charge is 0.0105 e. The van der Waals surface area contributed by atoms with E-state index in [2.05, 4.69) is 79.8 Å². The second-order valence-corrected chi connectivity index (χ2v) is 7.72. The largest absolute Gasteiger partial charge is 0.0742 e. The summed E-state index contributed by atoms with van der Waals surface area (Å²) in [5.41, 5.74) is 3.67. The van der Waals surface area contributed by atoms with Gasteiger partial charge in [0.05, 0.1) is 0 Å². The molecule has 0 saturated heterocycles. The monoisotopic (exact) mass is 286 g/mol. The molecule has 0 N–H and O–H groups in total. The Labute approximate surface area is 132 Å². The van der Waals surface area contributed by atoms with Gasteiger partial charge in [0.15, 0.2) is 0 Å². The lowest BCUT2D eigenvalue weighted by Crippen LogP contribution is -2.12. The fraction of sp³-hybridized carbons (Fsp3) is 0.364. The van der Waals surface area contributed by atoms with E-state index in [4.69, 9.17) is 0 Å². The molecule has 4 aliphatic rings. The summed E-state index contributed by atoms with van der Waals surface area (Å²) in [6, 6.07) is 9.33. The van der Waals surface area contributed by atoms with Gasteiger partial charge >= 0.3 is 0 Å². The molecule has 1 aromatic rings. The van der Waals surface area contributed by atoms with Crippen LogP contribution in [0.1, 0.15) is 29.9 Å². The average Bonchev–Trinajstić information content (AvgIpc) is 3.18. The van der Waals surface area contributed by atoms with Crippen molar-refractivity contribution in [3.63, 3.8) is 0 Å². The summed E-state index contributed by atoms with van der Waals surface area (Å²) in [7, 11) is 0. The maximum atomic E-state index is 2.44. The number of rotatable bonds is 3. The molecule has 2 fully saturated rings. The van der Waals surface area contributed by atoms with Crippen molar-refractivity contribution in [3.05, 3.63) is 84.0 Å². The SMILES string of the molecule is Cc1ccc(C(C2CC23C=CC=C3)C2CC23C=CC=C3)cc1. The molecule has 4 aliphatic carbocycles. The van der Waals surface area contributed by atoms with E-state index in [9.17, 15) is 0 Å². The highest BCUT2D eigenvalue weighted by molar-refractivity contribution is 5.43. The highest BCUT2D eigenvalue weighted by atomic mass is 14.7. The summed E-state index contributed by atoms with van der Waals surface area (Å²) in [5.74, 6) is 2.27. The predicted octanol–water partition coefficient (Wildman–Crippen LogP) is 5.34. The molecular weight excluding hydrogens is 264 g/mol. The Bertz CT molecular complexity index is 660. The first-order valence-corrected chi connectivity index (χ1v) is 8.53. The van der Waals surface area contributed by atoms with Crippen LogP contribution in [0.15, 0.2) is 72.9 Å². The molecule has 0 amide bonds. The second kappa shape index (κ2) is 4.13. The van der Waals surface area contributed by atoms with Gasteiger partial charge in [0.25, 0.3) is 0 Å². The van der Waals surface area contributed by atoms with Gasteiger partial charge in [-0.25, -0.2) is 0 Å². The molecular formula is C22H22. The topological polar surface area (TPSA) is 0 Å². The Morgan fingerprint density at radius 2 is 1.23 bits per heavy atom. The van der Waals surface area contributed by atoms with Crippen LogP contribution in [0, 0.1) is 29.6 Å². The third-order valence-electron chi connectivity index (χ3n) is 6.38. The van der Waals surface area contributed by atoms with Crippen LogP contribution >= 0.6 is 0 Å². The lowest BCUT2D eigenvalue weighted by Gasteiger charge is -2.21. The Kier molecular flexibility index (Phi) is 2.38. The van der Waals surface area contributed by atoms with E-state index in [0.717, 1.165) is 11.8 Å². The maximum Gasteiger partial charge on any atom is 0.0105 e. The third-order valence-corrected chi connectivity index (χ3v) is 6.38. The minimum absolute atomic E-state index is 0.380. The minimum Gasteiger partial charge on any atom is -0.0742 e. The Morgan fingerprint density at radius 3 is 1.68 bits per heavy atom. The van der Waals surface area contributed by atoms with Gasteiger partial charge in [0.2, 0.25) is 0 Å². The van der Waals surface area contributed by atoms with E-state index < -0.39 is 0 Å². The number of allylic oxidation sites excluding steroid dienone is 8. The van der Waals surface area contributed by atoms with E-state index in [0.29, 0.717) is 16.7 Å². The van der Waals surface area contributed by atoms with Gasteiger partial charge < -0.3 is 0 Å². The van der Waals surface area contributed by atoms with Gasteiger partial charge in [-0.3, -0.25) is 0 Å². The normalized spacial score (nSPS) is 32.2. The number of benzene rings is 1.